The van der Waals surface area contributed by atoms with Crippen LogP contribution in [0.1, 0.15) is 32.1 Å². The molecule has 0 aromatic carbocycles. The highest BCUT2D eigenvalue weighted by molar-refractivity contribution is 5.95. The van der Waals surface area contributed by atoms with E-state index in [-0.39, 0.29) is 19.4 Å². The summed E-state index contributed by atoms with van der Waals surface area (Å²) in [6, 6.07) is -3.46. The van der Waals surface area contributed by atoms with Crippen LogP contribution in [-0.4, -0.2) is 69.4 Å². The zero-order valence-electron chi connectivity index (χ0n) is 13.5. The zero-order valence-corrected chi connectivity index (χ0v) is 13.5. The fraction of sp³-hybridized carbons (Fsp3) is 0.643. The second kappa shape index (κ2) is 8.97. The highest BCUT2D eigenvalue weighted by atomic mass is 16.4. The molecule has 1 fully saturated rings. The summed E-state index contributed by atoms with van der Waals surface area (Å²) in [5.74, 6) is -4.74. The Morgan fingerprint density at radius 1 is 1.16 bits per heavy atom. The van der Waals surface area contributed by atoms with E-state index in [2.05, 4.69) is 5.32 Å². The molecule has 1 aliphatic heterocycles. The first-order valence-electron chi connectivity index (χ1n) is 7.72. The first-order valence-corrected chi connectivity index (χ1v) is 7.72. The monoisotopic (exact) mass is 358 g/mol. The summed E-state index contributed by atoms with van der Waals surface area (Å²) in [4.78, 5) is 58.6. The third-order valence-electron chi connectivity index (χ3n) is 3.86. The average Bonchev–Trinajstić information content (AvgIpc) is 3.00. The molecule has 0 aliphatic carbocycles. The number of carbonyl (C=O) groups is 5. The number of aliphatic carboxylic acids is 2. The molecule has 1 rings (SSSR count). The topological polar surface area (TPSA) is 193 Å². The standard InChI is InChI=1S/C14H22N4O7/c15-7(3-4-10(19)20)13(24)17-8(6-11(21)22)14(25)18-5-1-2-9(18)12(16)23/h7-9H,1-6,15H2,(H2,16,23)(H,17,24)(H,19,20)(H,21,22)/t7-,8-,9-/m0/s1. The van der Waals surface area contributed by atoms with Gasteiger partial charge in [0.2, 0.25) is 17.7 Å². The lowest BCUT2D eigenvalue weighted by atomic mass is 10.1. The van der Waals surface area contributed by atoms with Crippen molar-refractivity contribution in [2.45, 2.75) is 50.2 Å². The van der Waals surface area contributed by atoms with E-state index in [4.69, 9.17) is 21.7 Å². The second-order valence-electron chi connectivity index (χ2n) is 5.79. The number of carbonyl (C=O) groups excluding carboxylic acids is 3. The Balaban J connectivity index is 2.80. The van der Waals surface area contributed by atoms with Crippen LogP contribution in [-0.2, 0) is 24.0 Å². The van der Waals surface area contributed by atoms with Gasteiger partial charge in [0.1, 0.15) is 12.1 Å². The van der Waals surface area contributed by atoms with Crippen LogP contribution < -0.4 is 16.8 Å². The average molecular weight is 358 g/mol. The van der Waals surface area contributed by atoms with E-state index in [1.54, 1.807) is 0 Å². The summed E-state index contributed by atoms with van der Waals surface area (Å²) < 4.78 is 0. The Labute approximate surface area is 143 Å². The van der Waals surface area contributed by atoms with Crippen LogP contribution in [0.5, 0.6) is 0 Å². The van der Waals surface area contributed by atoms with Crippen LogP contribution in [0.3, 0.4) is 0 Å². The van der Waals surface area contributed by atoms with Crippen molar-refractivity contribution in [2.75, 3.05) is 6.54 Å². The number of primary amides is 1. The van der Waals surface area contributed by atoms with Crippen molar-refractivity contribution < 1.29 is 34.2 Å². The lowest BCUT2D eigenvalue weighted by Crippen LogP contribution is -2.55. The summed E-state index contributed by atoms with van der Waals surface area (Å²) in [7, 11) is 0. The van der Waals surface area contributed by atoms with E-state index < -0.39 is 54.2 Å². The van der Waals surface area contributed by atoms with Gasteiger partial charge in [-0.3, -0.25) is 24.0 Å². The van der Waals surface area contributed by atoms with Gasteiger partial charge in [-0.1, -0.05) is 0 Å². The van der Waals surface area contributed by atoms with Gasteiger partial charge in [-0.25, -0.2) is 0 Å². The summed E-state index contributed by atoms with van der Waals surface area (Å²) in [5.41, 5.74) is 10.8. The number of hydrogen-bond acceptors (Lipinski definition) is 6. The van der Waals surface area contributed by atoms with Crippen LogP contribution >= 0.6 is 0 Å². The van der Waals surface area contributed by atoms with E-state index in [1.807, 2.05) is 0 Å². The molecule has 1 aliphatic rings. The Hall–Kier alpha value is -2.69. The SMILES string of the molecule is NC(=O)[C@@H]1CCCN1C(=O)[C@H](CC(=O)O)NC(=O)[C@@H](N)CCC(=O)O. The normalized spacial score (nSPS) is 19.1. The van der Waals surface area contributed by atoms with Gasteiger partial charge in [0.25, 0.3) is 0 Å². The Bertz CT molecular complexity index is 565. The second-order valence-corrected chi connectivity index (χ2v) is 5.79. The van der Waals surface area contributed by atoms with Crippen LogP contribution in [0, 0.1) is 0 Å². The maximum atomic E-state index is 12.5. The molecule has 25 heavy (non-hydrogen) atoms. The Kier molecular flexibility index (Phi) is 7.30. The largest absolute Gasteiger partial charge is 0.481 e. The minimum Gasteiger partial charge on any atom is -0.481 e. The van der Waals surface area contributed by atoms with Gasteiger partial charge in [-0.05, 0) is 19.3 Å². The molecule has 1 saturated heterocycles. The Morgan fingerprint density at radius 2 is 1.80 bits per heavy atom. The zero-order chi connectivity index (χ0) is 19.1. The lowest BCUT2D eigenvalue weighted by Gasteiger charge is -2.27. The van der Waals surface area contributed by atoms with Gasteiger partial charge < -0.3 is 31.9 Å². The van der Waals surface area contributed by atoms with Gasteiger partial charge in [-0.15, -0.1) is 0 Å². The Morgan fingerprint density at radius 3 is 2.32 bits per heavy atom. The molecule has 11 nitrogen and oxygen atoms in total. The number of hydrogen-bond donors (Lipinski definition) is 5. The molecule has 0 aromatic rings. The molecule has 3 atom stereocenters. The van der Waals surface area contributed by atoms with Crippen molar-refractivity contribution in [1.82, 2.24) is 10.2 Å². The van der Waals surface area contributed by atoms with Crippen LogP contribution in [0.4, 0.5) is 0 Å². The summed E-state index contributed by atoms with van der Waals surface area (Å²) in [6.45, 7) is 0.226. The van der Waals surface area contributed by atoms with Crippen LogP contribution in [0.15, 0.2) is 0 Å². The molecule has 0 aromatic heterocycles. The van der Waals surface area contributed by atoms with Gasteiger partial charge in [0, 0.05) is 13.0 Å². The predicted octanol–water partition coefficient (Wildman–Crippen LogP) is -2.39. The highest BCUT2D eigenvalue weighted by Gasteiger charge is 2.37. The van der Waals surface area contributed by atoms with Gasteiger partial charge >= 0.3 is 11.9 Å². The van der Waals surface area contributed by atoms with E-state index in [0.717, 1.165) is 4.90 Å². The summed E-state index contributed by atoms with van der Waals surface area (Å²) >= 11 is 0. The number of carboxylic acid groups (broad SMARTS) is 2. The summed E-state index contributed by atoms with van der Waals surface area (Å²) in [5, 5.41) is 19.8. The lowest BCUT2D eigenvalue weighted by molar-refractivity contribution is -0.145. The van der Waals surface area contributed by atoms with Gasteiger partial charge in [0.15, 0.2) is 0 Å². The van der Waals surface area contributed by atoms with E-state index in [0.29, 0.717) is 12.8 Å². The van der Waals surface area contributed by atoms with E-state index >= 15 is 0 Å². The molecule has 1 heterocycles. The number of carboxylic acids is 2. The third kappa shape index (κ3) is 6.03. The third-order valence-corrected chi connectivity index (χ3v) is 3.86. The molecule has 0 spiro atoms. The van der Waals surface area contributed by atoms with Crippen molar-refractivity contribution in [1.29, 1.82) is 0 Å². The molecule has 140 valence electrons. The van der Waals surface area contributed by atoms with Crippen molar-refractivity contribution in [3.8, 4) is 0 Å². The number of nitrogens with zero attached hydrogens (tertiary/aromatic N) is 1. The van der Waals surface area contributed by atoms with E-state index in [9.17, 15) is 24.0 Å². The molecule has 3 amide bonds. The number of amides is 3. The molecular formula is C14H22N4O7. The number of nitrogens with two attached hydrogens (primary N) is 2. The molecule has 0 radical (unpaired) electrons. The first kappa shape index (κ1) is 20.4. The molecular weight excluding hydrogens is 336 g/mol. The van der Waals surface area contributed by atoms with Crippen molar-refractivity contribution in [3.05, 3.63) is 0 Å². The van der Waals surface area contributed by atoms with Gasteiger partial charge in [0.05, 0.1) is 12.5 Å². The van der Waals surface area contributed by atoms with Crippen molar-refractivity contribution in [2.24, 2.45) is 11.5 Å². The minimum absolute atomic E-state index is 0.164. The van der Waals surface area contributed by atoms with Crippen molar-refractivity contribution >= 4 is 29.7 Å². The fourth-order valence-corrected chi connectivity index (χ4v) is 2.59. The van der Waals surface area contributed by atoms with Gasteiger partial charge in [-0.2, -0.15) is 0 Å². The summed E-state index contributed by atoms with van der Waals surface area (Å²) in [6.07, 6.45) is -0.304. The molecule has 0 unspecified atom stereocenters. The molecule has 7 N–H and O–H groups in total. The molecule has 0 saturated carbocycles. The number of nitrogens with one attached hydrogen (secondary N) is 1. The van der Waals surface area contributed by atoms with E-state index in [1.165, 1.54) is 0 Å². The quantitative estimate of drug-likeness (QED) is 0.301. The maximum Gasteiger partial charge on any atom is 0.305 e. The van der Waals surface area contributed by atoms with Crippen LogP contribution in [0.25, 0.3) is 0 Å². The molecule has 11 heteroatoms. The fourth-order valence-electron chi connectivity index (χ4n) is 2.59. The highest BCUT2D eigenvalue weighted by Crippen LogP contribution is 2.18. The smallest absolute Gasteiger partial charge is 0.305 e. The minimum atomic E-state index is -1.42. The van der Waals surface area contributed by atoms with Crippen molar-refractivity contribution in [3.63, 3.8) is 0 Å². The predicted molar refractivity (Wildman–Crippen MR) is 83.0 cm³/mol. The number of rotatable bonds is 9. The molecule has 0 bridgehead atoms. The van der Waals surface area contributed by atoms with Crippen LogP contribution in [0.2, 0.25) is 0 Å². The maximum absolute atomic E-state index is 12.5. The number of likely N-dealkylation sites (tertiary alicyclic amines) is 1. The first-order chi connectivity index (χ1) is 11.6.